The van der Waals surface area contributed by atoms with E-state index in [1.807, 2.05) is 24.5 Å². The maximum absolute atomic E-state index is 12.1. The fraction of sp³-hybridized carbons (Fsp3) is 0.562. The van der Waals surface area contributed by atoms with Gasteiger partial charge < -0.3 is 9.73 Å². The van der Waals surface area contributed by atoms with Crippen molar-refractivity contribution in [3.63, 3.8) is 0 Å². The third kappa shape index (κ3) is 4.36. The van der Waals surface area contributed by atoms with Gasteiger partial charge in [-0.15, -0.1) is 0 Å². The summed E-state index contributed by atoms with van der Waals surface area (Å²) in [6.07, 6.45) is 4.59. The van der Waals surface area contributed by atoms with E-state index in [1.165, 1.54) is 0 Å². The van der Waals surface area contributed by atoms with Gasteiger partial charge >= 0.3 is 5.69 Å². The Hall–Kier alpha value is -1.75. The third-order valence-corrected chi connectivity index (χ3v) is 3.22. The smallest absolute Gasteiger partial charge is 0.328 e. The third-order valence-electron chi connectivity index (χ3n) is 3.22. The molecule has 0 fully saturated rings. The molecule has 21 heavy (non-hydrogen) atoms. The van der Waals surface area contributed by atoms with Crippen LogP contribution in [0.3, 0.4) is 0 Å². The van der Waals surface area contributed by atoms with Crippen LogP contribution in [0.4, 0.5) is 0 Å². The number of aromatic nitrogens is 2. The Bertz CT molecular complexity index is 628. The second-order valence-corrected chi connectivity index (χ2v) is 6.37. The summed E-state index contributed by atoms with van der Waals surface area (Å²) in [6.45, 7) is 10.3. The maximum atomic E-state index is 12.1. The van der Waals surface area contributed by atoms with E-state index in [2.05, 4.69) is 33.0 Å². The minimum atomic E-state index is 0.0163. The molecule has 116 valence electrons. The lowest BCUT2D eigenvalue weighted by molar-refractivity contribution is 0.375. The van der Waals surface area contributed by atoms with Gasteiger partial charge in [0, 0.05) is 24.5 Å². The van der Waals surface area contributed by atoms with Gasteiger partial charge in [0.2, 0.25) is 0 Å². The van der Waals surface area contributed by atoms with Crippen molar-refractivity contribution in [2.24, 2.45) is 0 Å². The van der Waals surface area contributed by atoms with Crippen molar-refractivity contribution in [2.45, 2.75) is 59.3 Å². The molecule has 0 spiro atoms. The molecule has 2 aromatic heterocycles. The number of nitrogens with one attached hydrogen (secondary N) is 1. The standard InChI is InChI=1S/C16H25N3O2/c1-5-8-18-9-10-19(15(18)20)12-14-7-6-13(21-14)11-17-16(2,3)4/h6-7,9-10,17H,5,8,11-12H2,1-4H3. The molecule has 5 heteroatoms. The zero-order valence-electron chi connectivity index (χ0n) is 13.3. The molecule has 0 atom stereocenters. The highest BCUT2D eigenvalue weighted by molar-refractivity contribution is 5.08. The van der Waals surface area contributed by atoms with E-state index in [0.29, 0.717) is 13.1 Å². The average Bonchev–Trinajstić information content (AvgIpc) is 2.98. The first-order valence-electron chi connectivity index (χ1n) is 7.47. The summed E-state index contributed by atoms with van der Waals surface area (Å²) in [6, 6.07) is 3.89. The number of rotatable bonds is 6. The SMILES string of the molecule is CCCn1ccn(Cc2ccc(CNC(C)(C)C)o2)c1=O. The predicted molar refractivity (Wildman–Crippen MR) is 83.4 cm³/mol. The predicted octanol–water partition coefficient (Wildman–Crippen LogP) is 2.59. The number of aryl methyl sites for hydroxylation is 1. The molecule has 0 bridgehead atoms. The van der Waals surface area contributed by atoms with Crippen LogP contribution in [0.2, 0.25) is 0 Å². The monoisotopic (exact) mass is 291 g/mol. The summed E-state index contributed by atoms with van der Waals surface area (Å²) in [5.74, 6) is 1.69. The van der Waals surface area contributed by atoms with E-state index in [1.54, 1.807) is 9.13 Å². The summed E-state index contributed by atoms with van der Waals surface area (Å²) >= 11 is 0. The second-order valence-electron chi connectivity index (χ2n) is 6.37. The van der Waals surface area contributed by atoms with Gasteiger partial charge in [0.15, 0.2) is 0 Å². The minimum absolute atomic E-state index is 0.0163. The molecular formula is C16H25N3O2. The van der Waals surface area contributed by atoms with Crippen LogP contribution >= 0.6 is 0 Å². The zero-order chi connectivity index (χ0) is 15.5. The van der Waals surface area contributed by atoms with Crippen molar-refractivity contribution in [1.82, 2.24) is 14.5 Å². The number of hydrogen-bond donors (Lipinski definition) is 1. The highest BCUT2D eigenvalue weighted by Crippen LogP contribution is 2.10. The summed E-state index contributed by atoms with van der Waals surface area (Å²) in [4.78, 5) is 12.1. The van der Waals surface area contributed by atoms with Crippen LogP contribution in [-0.4, -0.2) is 14.7 Å². The molecule has 2 rings (SSSR count). The number of hydrogen-bond acceptors (Lipinski definition) is 3. The Kier molecular flexibility index (Phi) is 4.73. The van der Waals surface area contributed by atoms with Crippen molar-refractivity contribution in [3.05, 3.63) is 46.5 Å². The highest BCUT2D eigenvalue weighted by Gasteiger charge is 2.11. The lowest BCUT2D eigenvalue weighted by Gasteiger charge is -2.19. The Balaban J connectivity index is 2.01. The molecule has 2 heterocycles. The molecule has 0 radical (unpaired) electrons. The van der Waals surface area contributed by atoms with Crippen LogP contribution in [0, 0.1) is 0 Å². The van der Waals surface area contributed by atoms with Crippen molar-refractivity contribution >= 4 is 0 Å². The Morgan fingerprint density at radius 3 is 2.48 bits per heavy atom. The van der Waals surface area contributed by atoms with Crippen LogP contribution in [0.1, 0.15) is 45.6 Å². The fourth-order valence-corrected chi connectivity index (χ4v) is 2.11. The van der Waals surface area contributed by atoms with Gasteiger partial charge in [0.25, 0.3) is 0 Å². The van der Waals surface area contributed by atoms with E-state index in [4.69, 9.17) is 4.42 Å². The summed E-state index contributed by atoms with van der Waals surface area (Å²) < 4.78 is 9.18. The Morgan fingerprint density at radius 2 is 1.81 bits per heavy atom. The Morgan fingerprint density at radius 1 is 1.14 bits per heavy atom. The van der Waals surface area contributed by atoms with E-state index in [-0.39, 0.29) is 11.2 Å². The first kappa shape index (κ1) is 15.6. The first-order valence-corrected chi connectivity index (χ1v) is 7.47. The fourth-order valence-electron chi connectivity index (χ4n) is 2.11. The quantitative estimate of drug-likeness (QED) is 0.890. The minimum Gasteiger partial charge on any atom is -0.463 e. The van der Waals surface area contributed by atoms with E-state index < -0.39 is 0 Å². The van der Waals surface area contributed by atoms with Gasteiger partial charge in [0.05, 0.1) is 13.1 Å². The number of furan rings is 1. The van der Waals surface area contributed by atoms with Crippen LogP contribution in [0.5, 0.6) is 0 Å². The van der Waals surface area contributed by atoms with Crippen LogP contribution in [-0.2, 0) is 19.6 Å². The molecule has 1 N–H and O–H groups in total. The number of nitrogens with zero attached hydrogens (tertiary/aromatic N) is 2. The first-order chi connectivity index (χ1) is 9.89. The summed E-state index contributed by atoms with van der Waals surface area (Å²) in [5.41, 5.74) is 0.0731. The van der Waals surface area contributed by atoms with Crippen LogP contribution in [0.25, 0.3) is 0 Å². The van der Waals surface area contributed by atoms with Crippen molar-refractivity contribution < 1.29 is 4.42 Å². The second kappa shape index (κ2) is 6.35. The van der Waals surface area contributed by atoms with Crippen LogP contribution in [0.15, 0.2) is 33.7 Å². The molecule has 0 aliphatic heterocycles. The van der Waals surface area contributed by atoms with Gasteiger partial charge in [-0.1, -0.05) is 6.92 Å². The van der Waals surface area contributed by atoms with Gasteiger partial charge in [-0.25, -0.2) is 4.79 Å². The van der Waals surface area contributed by atoms with Crippen molar-refractivity contribution in [2.75, 3.05) is 0 Å². The largest absolute Gasteiger partial charge is 0.463 e. The molecule has 5 nitrogen and oxygen atoms in total. The molecule has 0 saturated carbocycles. The highest BCUT2D eigenvalue weighted by atomic mass is 16.3. The zero-order valence-corrected chi connectivity index (χ0v) is 13.3. The maximum Gasteiger partial charge on any atom is 0.328 e. The lowest BCUT2D eigenvalue weighted by Crippen LogP contribution is -2.34. The van der Waals surface area contributed by atoms with Gasteiger partial charge in [-0.3, -0.25) is 9.13 Å². The topological polar surface area (TPSA) is 52.1 Å². The van der Waals surface area contributed by atoms with Gasteiger partial charge in [-0.05, 0) is 39.3 Å². The van der Waals surface area contributed by atoms with E-state index >= 15 is 0 Å². The van der Waals surface area contributed by atoms with Crippen molar-refractivity contribution in [3.8, 4) is 0 Å². The molecule has 0 amide bonds. The molecule has 0 unspecified atom stereocenters. The van der Waals surface area contributed by atoms with E-state index in [0.717, 1.165) is 24.5 Å². The summed E-state index contributed by atoms with van der Waals surface area (Å²) in [5, 5.41) is 3.38. The van der Waals surface area contributed by atoms with Gasteiger partial charge in [-0.2, -0.15) is 0 Å². The number of imidazole rings is 1. The van der Waals surface area contributed by atoms with Crippen LogP contribution < -0.4 is 11.0 Å². The van der Waals surface area contributed by atoms with E-state index in [9.17, 15) is 4.79 Å². The summed E-state index contributed by atoms with van der Waals surface area (Å²) in [7, 11) is 0. The van der Waals surface area contributed by atoms with Crippen molar-refractivity contribution in [1.29, 1.82) is 0 Å². The molecule has 0 aliphatic carbocycles. The molecule has 0 aliphatic rings. The normalized spacial score (nSPS) is 12.0. The molecular weight excluding hydrogens is 266 g/mol. The lowest BCUT2D eigenvalue weighted by atomic mass is 10.1. The van der Waals surface area contributed by atoms with Gasteiger partial charge in [0.1, 0.15) is 11.5 Å². The molecule has 0 aromatic carbocycles. The Labute approximate surface area is 125 Å². The molecule has 0 saturated heterocycles. The average molecular weight is 291 g/mol. The molecule has 2 aromatic rings.